The zero-order valence-corrected chi connectivity index (χ0v) is 19.0. The van der Waals surface area contributed by atoms with Gasteiger partial charge in [-0.15, -0.1) is 0 Å². The Labute approximate surface area is 192 Å². The Morgan fingerprint density at radius 2 is 1.82 bits per heavy atom. The quantitative estimate of drug-likeness (QED) is 0.444. The van der Waals surface area contributed by atoms with Gasteiger partial charge in [0.25, 0.3) is 0 Å². The lowest BCUT2D eigenvalue weighted by molar-refractivity contribution is -0.147. The second kappa shape index (κ2) is 8.50. The Bertz CT molecular complexity index is 1140. The molecule has 0 saturated heterocycles. The number of carbonyl (C=O) groups is 1. The maximum atomic E-state index is 11.8. The number of aromatic nitrogens is 3. The van der Waals surface area contributed by atoms with Crippen molar-refractivity contribution in [3.05, 3.63) is 47.3 Å². The van der Waals surface area contributed by atoms with Crippen LogP contribution in [0.2, 0.25) is 0 Å². The first-order valence-corrected chi connectivity index (χ1v) is 11.6. The molecule has 0 unspecified atom stereocenters. The molecule has 3 aromatic rings. The summed E-state index contributed by atoms with van der Waals surface area (Å²) in [6, 6.07) is 9.95. The first-order valence-electron chi connectivity index (χ1n) is 11.6. The normalized spacial score (nSPS) is 17.5. The van der Waals surface area contributed by atoms with E-state index in [-0.39, 0.29) is 0 Å². The number of benzene rings is 1. The van der Waals surface area contributed by atoms with E-state index in [4.69, 9.17) is 14.5 Å². The van der Waals surface area contributed by atoms with Crippen LogP contribution in [-0.2, 0) is 10.2 Å². The Balaban J connectivity index is 1.44. The SMILES string of the molecule is Cc1noc(C)c1-c1cc(NC2CCCC2)nc(Nc2ccc(C3(C(=O)O)CCC3)cc2)n1. The van der Waals surface area contributed by atoms with Crippen LogP contribution in [0.25, 0.3) is 11.3 Å². The van der Waals surface area contributed by atoms with Gasteiger partial charge < -0.3 is 20.3 Å². The predicted octanol–water partition coefficient (Wildman–Crippen LogP) is 5.35. The minimum Gasteiger partial charge on any atom is -0.481 e. The summed E-state index contributed by atoms with van der Waals surface area (Å²) in [6.07, 6.45) is 7.07. The van der Waals surface area contributed by atoms with Gasteiger partial charge >= 0.3 is 5.97 Å². The number of nitrogens with zero attached hydrogens (tertiary/aromatic N) is 3. The summed E-state index contributed by atoms with van der Waals surface area (Å²) in [5.41, 5.74) is 3.32. The summed E-state index contributed by atoms with van der Waals surface area (Å²) in [7, 11) is 0. The topological polar surface area (TPSA) is 113 Å². The molecule has 0 atom stereocenters. The molecule has 0 bridgehead atoms. The van der Waals surface area contributed by atoms with Crippen LogP contribution >= 0.6 is 0 Å². The van der Waals surface area contributed by atoms with Crippen molar-refractivity contribution in [2.45, 2.75) is 70.3 Å². The summed E-state index contributed by atoms with van der Waals surface area (Å²) < 4.78 is 5.36. The van der Waals surface area contributed by atoms with Gasteiger partial charge in [0.1, 0.15) is 11.6 Å². The zero-order chi connectivity index (χ0) is 23.0. The summed E-state index contributed by atoms with van der Waals surface area (Å²) in [4.78, 5) is 21.3. The van der Waals surface area contributed by atoms with E-state index in [9.17, 15) is 9.90 Å². The molecule has 3 N–H and O–H groups in total. The highest BCUT2D eigenvalue weighted by Gasteiger charge is 2.45. The molecule has 0 radical (unpaired) electrons. The van der Waals surface area contributed by atoms with Gasteiger partial charge in [0.15, 0.2) is 0 Å². The molecule has 8 heteroatoms. The second-order valence-electron chi connectivity index (χ2n) is 9.23. The summed E-state index contributed by atoms with van der Waals surface area (Å²) in [5, 5.41) is 20.6. The monoisotopic (exact) mass is 447 g/mol. The van der Waals surface area contributed by atoms with Crippen LogP contribution in [0.1, 0.15) is 62.0 Å². The highest BCUT2D eigenvalue weighted by Crippen LogP contribution is 2.44. The average molecular weight is 448 g/mol. The van der Waals surface area contributed by atoms with E-state index in [1.165, 1.54) is 12.8 Å². The van der Waals surface area contributed by atoms with E-state index < -0.39 is 11.4 Å². The van der Waals surface area contributed by atoms with Crippen LogP contribution in [0.5, 0.6) is 0 Å². The van der Waals surface area contributed by atoms with Crippen molar-refractivity contribution in [1.29, 1.82) is 0 Å². The predicted molar refractivity (Wildman–Crippen MR) is 126 cm³/mol. The Hall–Kier alpha value is -3.42. The highest BCUT2D eigenvalue weighted by atomic mass is 16.5. The van der Waals surface area contributed by atoms with Crippen molar-refractivity contribution in [3.63, 3.8) is 0 Å². The van der Waals surface area contributed by atoms with Crippen molar-refractivity contribution in [2.75, 3.05) is 10.6 Å². The van der Waals surface area contributed by atoms with Gasteiger partial charge in [0.2, 0.25) is 5.95 Å². The third-order valence-electron chi connectivity index (χ3n) is 7.03. The fourth-order valence-electron chi connectivity index (χ4n) is 4.99. The molecule has 2 aromatic heterocycles. The molecule has 2 heterocycles. The van der Waals surface area contributed by atoms with Gasteiger partial charge in [-0.3, -0.25) is 4.79 Å². The van der Waals surface area contributed by atoms with Crippen LogP contribution in [-0.4, -0.2) is 32.2 Å². The smallest absolute Gasteiger partial charge is 0.314 e. The fraction of sp³-hybridized carbons (Fsp3) is 0.440. The molecule has 2 aliphatic carbocycles. The number of carboxylic acids is 1. The first kappa shape index (κ1) is 21.4. The first-order chi connectivity index (χ1) is 15.9. The fourth-order valence-corrected chi connectivity index (χ4v) is 4.99. The molecule has 8 nitrogen and oxygen atoms in total. The van der Waals surface area contributed by atoms with Crippen LogP contribution in [0.15, 0.2) is 34.9 Å². The van der Waals surface area contributed by atoms with Crippen molar-refractivity contribution in [2.24, 2.45) is 0 Å². The molecule has 33 heavy (non-hydrogen) atoms. The third kappa shape index (κ3) is 4.05. The maximum absolute atomic E-state index is 11.8. The number of rotatable bonds is 7. The number of aryl methyl sites for hydroxylation is 2. The van der Waals surface area contributed by atoms with Crippen molar-refractivity contribution < 1.29 is 14.4 Å². The van der Waals surface area contributed by atoms with E-state index in [2.05, 4.69) is 15.8 Å². The minimum atomic E-state index is -0.743. The van der Waals surface area contributed by atoms with Crippen LogP contribution in [0, 0.1) is 13.8 Å². The van der Waals surface area contributed by atoms with Crippen molar-refractivity contribution in [1.82, 2.24) is 15.1 Å². The van der Waals surface area contributed by atoms with E-state index in [0.29, 0.717) is 30.6 Å². The molecule has 0 amide bonds. The largest absolute Gasteiger partial charge is 0.481 e. The molecule has 0 aliphatic heterocycles. The van der Waals surface area contributed by atoms with Gasteiger partial charge in [-0.1, -0.05) is 36.6 Å². The second-order valence-corrected chi connectivity index (χ2v) is 9.23. The van der Waals surface area contributed by atoms with E-state index in [1.54, 1.807) is 0 Å². The molecular weight excluding hydrogens is 418 g/mol. The van der Waals surface area contributed by atoms with Gasteiger partial charge in [-0.25, -0.2) is 4.98 Å². The van der Waals surface area contributed by atoms with Gasteiger partial charge in [-0.2, -0.15) is 4.98 Å². The molecule has 0 spiro atoms. The zero-order valence-electron chi connectivity index (χ0n) is 19.0. The van der Waals surface area contributed by atoms with Crippen molar-refractivity contribution in [3.8, 4) is 11.3 Å². The lowest BCUT2D eigenvalue weighted by Crippen LogP contribution is -2.42. The number of hydrogen-bond acceptors (Lipinski definition) is 7. The van der Waals surface area contributed by atoms with Crippen LogP contribution < -0.4 is 10.6 Å². The lowest BCUT2D eigenvalue weighted by Gasteiger charge is -2.38. The molecule has 2 aliphatic rings. The summed E-state index contributed by atoms with van der Waals surface area (Å²) in [6.45, 7) is 3.79. The summed E-state index contributed by atoms with van der Waals surface area (Å²) in [5.74, 6) is 1.21. The van der Waals surface area contributed by atoms with E-state index in [0.717, 1.165) is 53.3 Å². The number of nitrogens with one attached hydrogen (secondary N) is 2. The average Bonchev–Trinajstić information content (AvgIpc) is 3.37. The standard InChI is InChI=1S/C25H29N5O3/c1-15-22(16(2)33-30-15)20-14-21(26-18-6-3-4-7-18)29-24(28-20)27-19-10-8-17(9-11-19)25(23(31)32)12-5-13-25/h8-11,14,18H,3-7,12-13H2,1-2H3,(H,31,32)(H2,26,27,28,29). The third-order valence-corrected chi connectivity index (χ3v) is 7.03. The van der Waals surface area contributed by atoms with Gasteiger partial charge in [-0.05, 0) is 57.2 Å². The molecule has 172 valence electrons. The number of carboxylic acid groups (broad SMARTS) is 1. The Morgan fingerprint density at radius 1 is 1.09 bits per heavy atom. The van der Waals surface area contributed by atoms with Crippen molar-refractivity contribution >= 4 is 23.4 Å². The van der Waals surface area contributed by atoms with Crippen LogP contribution in [0.3, 0.4) is 0 Å². The molecule has 2 fully saturated rings. The number of anilines is 3. The number of hydrogen-bond donors (Lipinski definition) is 3. The van der Waals surface area contributed by atoms with Gasteiger partial charge in [0.05, 0.1) is 22.4 Å². The molecule has 5 rings (SSSR count). The number of aliphatic carboxylic acids is 1. The van der Waals surface area contributed by atoms with E-state index in [1.807, 2.05) is 44.2 Å². The molecule has 1 aromatic carbocycles. The summed E-state index contributed by atoms with van der Waals surface area (Å²) >= 11 is 0. The lowest BCUT2D eigenvalue weighted by atomic mass is 9.64. The van der Waals surface area contributed by atoms with Gasteiger partial charge in [0, 0.05) is 17.8 Å². The molecule has 2 saturated carbocycles. The molecular formula is C25H29N5O3. The van der Waals surface area contributed by atoms with E-state index >= 15 is 0 Å². The maximum Gasteiger partial charge on any atom is 0.314 e. The highest BCUT2D eigenvalue weighted by molar-refractivity contribution is 5.83. The minimum absolute atomic E-state index is 0.416. The Morgan fingerprint density at radius 3 is 2.39 bits per heavy atom. The Kier molecular flexibility index (Phi) is 5.52. The van der Waals surface area contributed by atoms with Crippen LogP contribution in [0.4, 0.5) is 17.5 Å².